The van der Waals surface area contributed by atoms with Crippen molar-refractivity contribution in [2.75, 3.05) is 0 Å². The fraction of sp³-hybridized carbons (Fsp3) is 0.531. The van der Waals surface area contributed by atoms with E-state index >= 15 is 0 Å². The average molecular weight is 708 g/mol. The molecule has 51 heavy (non-hydrogen) atoms. The second-order valence-electron chi connectivity index (χ2n) is 16.0. The highest BCUT2D eigenvalue weighted by Gasteiger charge is 2.46. The van der Waals surface area contributed by atoms with E-state index in [-0.39, 0.29) is 10.2 Å². The number of aryl methyl sites for hydroxylation is 1. The van der Waals surface area contributed by atoms with Crippen LogP contribution in [0.25, 0.3) is 16.3 Å². The maximum atomic E-state index is 9.47. The van der Waals surface area contributed by atoms with E-state index in [9.17, 15) is 5.41 Å². The topological polar surface area (TPSA) is 23.9 Å². The summed E-state index contributed by atoms with van der Waals surface area (Å²) >= 11 is 5.13. The number of allylic oxidation sites excluding steroid dienone is 3. The summed E-state index contributed by atoms with van der Waals surface area (Å²) in [6, 6.07) is 17.8. The molecule has 0 spiro atoms. The first-order valence-corrected chi connectivity index (χ1v) is 20.5. The Morgan fingerprint density at radius 1 is 0.863 bits per heavy atom. The first-order valence-electron chi connectivity index (χ1n) is 20.1. The molecule has 0 aromatic heterocycles. The first-order chi connectivity index (χ1) is 24.2. The summed E-state index contributed by atoms with van der Waals surface area (Å²) in [5, 5.41) is 12.0. The molecule has 0 radical (unpaired) electrons. The van der Waals surface area contributed by atoms with E-state index in [1.165, 1.54) is 82.7 Å². The molecule has 1 N–H and O–H groups in total. The lowest BCUT2D eigenvalue weighted by molar-refractivity contribution is 0.112. The van der Waals surface area contributed by atoms with Gasteiger partial charge in [0.15, 0.2) is 0 Å². The highest BCUT2D eigenvalue weighted by Crippen LogP contribution is 2.52. The first kappa shape index (κ1) is 44.3. The molecule has 1 fully saturated rings. The third-order valence-corrected chi connectivity index (χ3v) is 11.9. The van der Waals surface area contributed by atoms with Crippen LogP contribution in [0.5, 0.6) is 0 Å². The normalized spacial score (nSPS) is 21.6. The Kier molecular flexibility index (Phi) is 18.3. The van der Waals surface area contributed by atoms with E-state index in [1.54, 1.807) is 0 Å². The molecule has 2 heteroatoms. The average Bonchev–Trinajstić information content (AvgIpc) is 3.11. The quantitative estimate of drug-likeness (QED) is 0.139. The number of nitrogens with one attached hydrogen (secondary N) is 1. The van der Waals surface area contributed by atoms with Crippen molar-refractivity contribution in [3.05, 3.63) is 113 Å². The molecule has 0 aliphatic heterocycles. The van der Waals surface area contributed by atoms with Gasteiger partial charge in [0.1, 0.15) is 0 Å². The van der Waals surface area contributed by atoms with Gasteiger partial charge >= 0.3 is 0 Å². The summed E-state index contributed by atoms with van der Waals surface area (Å²) in [5.74, 6) is 0.715. The zero-order valence-corrected chi connectivity index (χ0v) is 35.5. The summed E-state index contributed by atoms with van der Waals surface area (Å²) < 4.78 is -0.211. The molecular formula is C49H73NS. The fourth-order valence-electron chi connectivity index (χ4n) is 7.33. The highest BCUT2D eigenvalue weighted by atomic mass is 32.1. The number of unbranched alkanes of at least 4 members (excludes halogenated alkanes) is 3. The molecule has 2 aliphatic carbocycles. The molecule has 0 amide bonds. The van der Waals surface area contributed by atoms with Gasteiger partial charge in [-0.15, -0.1) is 6.58 Å². The molecule has 2 bridgehead atoms. The lowest BCUT2D eigenvalue weighted by Gasteiger charge is -2.49. The molecule has 3 aromatic carbocycles. The number of hydrogen-bond donors (Lipinski definition) is 2. The van der Waals surface area contributed by atoms with Crippen LogP contribution in [0.4, 0.5) is 0 Å². The van der Waals surface area contributed by atoms with Gasteiger partial charge in [-0.2, -0.15) is 12.6 Å². The monoisotopic (exact) mass is 708 g/mol. The van der Waals surface area contributed by atoms with Gasteiger partial charge in [0.25, 0.3) is 0 Å². The minimum atomic E-state index is -0.211. The second-order valence-corrected chi connectivity index (χ2v) is 16.8. The maximum Gasteiger partial charge on any atom is 0.0391 e. The van der Waals surface area contributed by atoms with Gasteiger partial charge in [-0.05, 0) is 119 Å². The summed E-state index contributed by atoms with van der Waals surface area (Å²) in [6.45, 7) is 33.3. The van der Waals surface area contributed by atoms with Gasteiger partial charge in [-0.1, -0.05) is 168 Å². The van der Waals surface area contributed by atoms with Gasteiger partial charge in [0.05, 0.1) is 0 Å². The van der Waals surface area contributed by atoms with Crippen molar-refractivity contribution in [3.63, 3.8) is 0 Å². The van der Waals surface area contributed by atoms with Crippen LogP contribution in [-0.2, 0) is 12.8 Å². The molecular weight excluding hydrogens is 635 g/mol. The van der Waals surface area contributed by atoms with E-state index in [1.807, 2.05) is 6.08 Å². The molecule has 280 valence electrons. The third-order valence-electron chi connectivity index (χ3n) is 11.2. The Labute approximate surface area is 320 Å². The number of benzene rings is 3. The molecule has 3 aromatic rings. The van der Waals surface area contributed by atoms with Crippen molar-refractivity contribution >= 4 is 34.7 Å². The van der Waals surface area contributed by atoms with Gasteiger partial charge in [-0.25, -0.2) is 0 Å². The minimum Gasteiger partial charge on any atom is -0.305 e. The smallest absolute Gasteiger partial charge is 0.0391 e. The molecule has 0 saturated heterocycles. The van der Waals surface area contributed by atoms with Crippen molar-refractivity contribution in [3.8, 4) is 0 Å². The SMILES string of the molecule is C=CC1(S)CC(C)(C)CC(CC(=N)/C2=C/Cc3cc4ccccc4cc3Cc3c(C)ccc(c3C)C2=C)C1C.CCCC.CCCC.CCCC. The van der Waals surface area contributed by atoms with Crippen LogP contribution in [0.1, 0.15) is 153 Å². The van der Waals surface area contributed by atoms with Crippen LogP contribution in [0.3, 0.4) is 0 Å². The van der Waals surface area contributed by atoms with Gasteiger partial charge in [-0.3, -0.25) is 0 Å². The largest absolute Gasteiger partial charge is 0.305 e. The minimum absolute atomic E-state index is 0.164. The molecule has 1 nitrogen and oxygen atoms in total. The van der Waals surface area contributed by atoms with Crippen LogP contribution in [0.15, 0.2) is 79.4 Å². The zero-order valence-electron chi connectivity index (χ0n) is 34.6. The standard InChI is InChI=1S/C37H43NS.3C4H10/c1-8-37(39)22-36(6,7)21-31(26(37)5)20-35(38)33-16-14-29-17-27-11-9-10-12-28(27)18-30(29)19-34-23(2)13-15-32(24(33)3)25(34)4;3*1-3-4-2/h8-13,15-18,26,31,38-39H,1,3,14,19-22H2,2,4-7H3;3*3-4H2,1-2H3/b33-16+,38-35?;;;. The van der Waals surface area contributed by atoms with Crippen LogP contribution >= 0.6 is 12.6 Å². The lowest BCUT2D eigenvalue weighted by Crippen LogP contribution is -2.45. The lowest BCUT2D eigenvalue weighted by atomic mass is 9.60. The Morgan fingerprint density at radius 2 is 1.39 bits per heavy atom. The van der Waals surface area contributed by atoms with Crippen LogP contribution < -0.4 is 0 Å². The number of hydrogen-bond acceptors (Lipinski definition) is 2. The molecule has 2 aliphatic rings. The Morgan fingerprint density at radius 3 is 1.90 bits per heavy atom. The number of thiol groups is 1. The predicted molar refractivity (Wildman–Crippen MR) is 235 cm³/mol. The van der Waals surface area contributed by atoms with Crippen molar-refractivity contribution in [2.24, 2.45) is 17.3 Å². The van der Waals surface area contributed by atoms with E-state index in [0.29, 0.717) is 17.5 Å². The van der Waals surface area contributed by atoms with Crippen molar-refractivity contribution in [2.45, 2.75) is 152 Å². The van der Waals surface area contributed by atoms with Crippen LogP contribution in [0, 0.1) is 36.5 Å². The second kappa shape index (κ2) is 21.0. The third kappa shape index (κ3) is 12.1. The fourth-order valence-corrected chi connectivity index (χ4v) is 7.97. The van der Waals surface area contributed by atoms with Gasteiger partial charge in [0, 0.05) is 10.5 Å². The predicted octanol–water partition coefficient (Wildman–Crippen LogP) is 15.3. The maximum absolute atomic E-state index is 9.47. The highest BCUT2D eigenvalue weighted by molar-refractivity contribution is 7.82. The summed E-state index contributed by atoms with van der Waals surface area (Å²) in [5.41, 5.74) is 10.7. The Hall–Kier alpha value is -2.84. The molecule has 0 heterocycles. The van der Waals surface area contributed by atoms with Gasteiger partial charge in [0.2, 0.25) is 0 Å². The summed E-state index contributed by atoms with van der Waals surface area (Å²) in [7, 11) is 0. The summed E-state index contributed by atoms with van der Waals surface area (Å²) in [4.78, 5) is 0. The van der Waals surface area contributed by atoms with Crippen molar-refractivity contribution in [1.29, 1.82) is 5.41 Å². The van der Waals surface area contributed by atoms with Crippen molar-refractivity contribution < 1.29 is 0 Å². The Balaban J connectivity index is 0.000000654. The van der Waals surface area contributed by atoms with E-state index in [2.05, 4.69) is 144 Å². The Bertz CT molecular complexity index is 1610. The van der Waals surface area contributed by atoms with E-state index in [0.717, 1.165) is 43.3 Å². The van der Waals surface area contributed by atoms with E-state index in [4.69, 9.17) is 12.6 Å². The van der Waals surface area contributed by atoms with Crippen molar-refractivity contribution in [1.82, 2.24) is 0 Å². The zero-order chi connectivity index (χ0) is 38.4. The summed E-state index contributed by atoms with van der Waals surface area (Å²) in [6.07, 6.45) is 16.8. The molecule has 1 saturated carbocycles. The van der Waals surface area contributed by atoms with Crippen LogP contribution in [0.2, 0.25) is 0 Å². The number of rotatable bonds is 7. The molecule has 5 rings (SSSR count). The van der Waals surface area contributed by atoms with E-state index < -0.39 is 0 Å². The molecule has 3 atom stereocenters. The van der Waals surface area contributed by atoms with Crippen LogP contribution in [-0.4, -0.2) is 10.5 Å². The number of fused-ring (bicyclic) bond motifs is 4. The molecule has 3 unspecified atom stereocenters. The van der Waals surface area contributed by atoms with Gasteiger partial charge < -0.3 is 5.41 Å².